The summed E-state index contributed by atoms with van der Waals surface area (Å²) in [5.41, 5.74) is 9.23. The molecule has 0 aliphatic rings. The molecular weight excluding hydrogens is 326 g/mol. The number of amides is 1. The average Bonchev–Trinajstić information content (AvgIpc) is 2.91. The maximum Gasteiger partial charge on any atom is 0.220 e. The third-order valence-corrected chi connectivity index (χ3v) is 4.06. The zero-order chi connectivity index (χ0) is 17.7. The lowest BCUT2D eigenvalue weighted by Gasteiger charge is -2.05. The van der Waals surface area contributed by atoms with Gasteiger partial charge in [0.25, 0.3) is 0 Å². The maximum absolute atomic E-state index is 11.3. The topological polar surface area (TPSA) is 88.0 Å². The second-order valence-corrected chi connectivity index (χ2v) is 6.19. The Kier molecular flexibility index (Phi) is 6.04. The molecule has 128 valence electrons. The van der Waals surface area contributed by atoms with Crippen molar-refractivity contribution >= 4 is 34.2 Å². The zero-order valence-electron chi connectivity index (χ0n) is 13.9. The lowest BCUT2D eigenvalue weighted by atomic mass is 10.1. The van der Waals surface area contributed by atoms with E-state index in [9.17, 15) is 9.59 Å². The number of carbonyl (C=O) groups is 2. The molecule has 1 aromatic heterocycles. The summed E-state index contributed by atoms with van der Waals surface area (Å²) in [4.78, 5) is 25.7. The first kappa shape index (κ1) is 18.1. The predicted octanol–water partition coefficient (Wildman–Crippen LogP) is 3.21. The van der Waals surface area contributed by atoms with Gasteiger partial charge in [-0.25, -0.2) is 0 Å². The molecule has 2 rings (SSSR count). The Hall–Kier alpha value is -2.27. The number of H-pyrrole nitrogens is 1. The van der Waals surface area contributed by atoms with Gasteiger partial charge in [0.15, 0.2) is 5.78 Å². The predicted molar refractivity (Wildman–Crippen MR) is 96.7 cm³/mol. The summed E-state index contributed by atoms with van der Waals surface area (Å²) in [6, 6.07) is 5.87. The number of benzene rings is 1. The second-order valence-electron chi connectivity index (χ2n) is 5.79. The standard InChI is InChI=1S/C18H22ClN3O2/c1-3-18(24)21-10-15-7-13-8-16(19)12(9-17(13)22-15)4-5-14(20)6-11(2)23/h6-9,22H,3-5,10,20H2,1-2H3,(H,21,24)/b14-6-. The van der Waals surface area contributed by atoms with Crippen LogP contribution in [0.4, 0.5) is 0 Å². The van der Waals surface area contributed by atoms with E-state index in [-0.39, 0.29) is 11.7 Å². The quantitative estimate of drug-likeness (QED) is 0.672. The van der Waals surface area contributed by atoms with Crippen molar-refractivity contribution in [2.75, 3.05) is 0 Å². The largest absolute Gasteiger partial charge is 0.402 e. The van der Waals surface area contributed by atoms with Crippen molar-refractivity contribution < 1.29 is 9.59 Å². The lowest BCUT2D eigenvalue weighted by Crippen LogP contribution is -2.21. The molecule has 0 saturated carbocycles. The van der Waals surface area contributed by atoms with E-state index in [2.05, 4.69) is 10.3 Å². The van der Waals surface area contributed by atoms with Crippen molar-refractivity contribution in [3.8, 4) is 0 Å². The summed E-state index contributed by atoms with van der Waals surface area (Å²) < 4.78 is 0. The first-order valence-corrected chi connectivity index (χ1v) is 8.30. The van der Waals surface area contributed by atoms with Gasteiger partial charge in [-0.2, -0.15) is 0 Å². The van der Waals surface area contributed by atoms with Gasteiger partial charge in [-0.15, -0.1) is 0 Å². The second kappa shape index (κ2) is 8.02. The van der Waals surface area contributed by atoms with E-state index in [4.69, 9.17) is 17.3 Å². The minimum atomic E-state index is -0.0582. The Bertz CT molecular complexity index is 793. The monoisotopic (exact) mass is 347 g/mol. The van der Waals surface area contributed by atoms with E-state index in [1.807, 2.05) is 25.1 Å². The van der Waals surface area contributed by atoms with Crippen molar-refractivity contribution in [1.29, 1.82) is 0 Å². The summed E-state index contributed by atoms with van der Waals surface area (Å²) in [6.07, 6.45) is 3.14. The summed E-state index contributed by atoms with van der Waals surface area (Å²) in [5, 5.41) is 4.50. The summed E-state index contributed by atoms with van der Waals surface area (Å²) in [7, 11) is 0. The number of ketones is 1. The number of hydrogen-bond donors (Lipinski definition) is 3. The van der Waals surface area contributed by atoms with E-state index in [0.717, 1.165) is 22.2 Å². The van der Waals surface area contributed by atoms with Gasteiger partial charge >= 0.3 is 0 Å². The lowest BCUT2D eigenvalue weighted by molar-refractivity contribution is -0.121. The molecule has 0 unspecified atom stereocenters. The van der Waals surface area contributed by atoms with Crippen LogP contribution < -0.4 is 11.1 Å². The zero-order valence-corrected chi connectivity index (χ0v) is 14.7. The molecule has 5 nitrogen and oxygen atoms in total. The van der Waals surface area contributed by atoms with Gasteiger partial charge in [-0.1, -0.05) is 18.5 Å². The Morgan fingerprint density at radius 2 is 2.08 bits per heavy atom. The van der Waals surface area contributed by atoms with Gasteiger partial charge in [0.1, 0.15) is 0 Å². The van der Waals surface area contributed by atoms with Gasteiger partial charge < -0.3 is 16.0 Å². The van der Waals surface area contributed by atoms with Crippen LogP contribution in [0.15, 0.2) is 30.0 Å². The molecule has 0 aliphatic heterocycles. The smallest absolute Gasteiger partial charge is 0.220 e. The van der Waals surface area contributed by atoms with Gasteiger partial charge in [-0.3, -0.25) is 9.59 Å². The number of nitrogens with two attached hydrogens (primary N) is 1. The molecule has 6 heteroatoms. The SMILES string of the molecule is CCC(=O)NCc1cc2cc(Cl)c(CC/C(N)=C/C(C)=O)cc2[nH]1. The Labute approximate surface area is 146 Å². The van der Waals surface area contributed by atoms with Crippen LogP contribution in [0.1, 0.15) is 37.9 Å². The molecule has 0 atom stereocenters. The van der Waals surface area contributed by atoms with Crippen molar-refractivity contribution in [2.45, 2.75) is 39.7 Å². The van der Waals surface area contributed by atoms with Crippen LogP contribution in [0.2, 0.25) is 5.02 Å². The van der Waals surface area contributed by atoms with Crippen LogP contribution in [0.5, 0.6) is 0 Å². The van der Waals surface area contributed by atoms with E-state index < -0.39 is 0 Å². The minimum Gasteiger partial charge on any atom is -0.402 e. The van der Waals surface area contributed by atoms with Crippen LogP contribution in [0.25, 0.3) is 10.9 Å². The molecule has 4 N–H and O–H groups in total. The summed E-state index contributed by atoms with van der Waals surface area (Å²) in [6.45, 7) is 3.76. The van der Waals surface area contributed by atoms with Crippen molar-refractivity contribution in [3.05, 3.63) is 46.3 Å². The van der Waals surface area contributed by atoms with Crippen molar-refractivity contribution in [1.82, 2.24) is 10.3 Å². The maximum atomic E-state index is 11.3. The fraction of sp³-hybridized carbons (Fsp3) is 0.333. The van der Waals surface area contributed by atoms with Crippen LogP contribution in [0, 0.1) is 0 Å². The molecule has 0 aliphatic carbocycles. The van der Waals surface area contributed by atoms with Gasteiger partial charge in [-0.05, 0) is 49.6 Å². The van der Waals surface area contributed by atoms with Gasteiger partial charge in [0.05, 0.1) is 6.54 Å². The van der Waals surface area contributed by atoms with E-state index in [1.54, 1.807) is 0 Å². The molecular formula is C18H22ClN3O2. The van der Waals surface area contributed by atoms with Crippen LogP contribution >= 0.6 is 11.6 Å². The highest BCUT2D eigenvalue weighted by Gasteiger charge is 2.08. The highest BCUT2D eigenvalue weighted by atomic mass is 35.5. The number of aromatic amines is 1. The molecule has 0 radical (unpaired) electrons. The summed E-state index contributed by atoms with van der Waals surface area (Å²) >= 11 is 6.34. The normalized spacial score (nSPS) is 11.7. The third kappa shape index (κ3) is 4.86. The molecule has 1 amide bonds. The van der Waals surface area contributed by atoms with Crippen molar-refractivity contribution in [3.63, 3.8) is 0 Å². The molecule has 0 fully saturated rings. The Morgan fingerprint density at radius 3 is 2.75 bits per heavy atom. The van der Waals surface area contributed by atoms with Crippen LogP contribution in [-0.4, -0.2) is 16.7 Å². The average molecular weight is 348 g/mol. The van der Waals surface area contributed by atoms with Crippen LogP contribution in [-0.2, 0) is 22.6 Å². The van der Waals surface area contributed by atoms with Gasteiger partial charge in [0, 0.05) is 33.7 Å². The van der Waals surface area contributed by atoms with E-state index in [1.165, 1.54) is 13.0 Å². The van der Waals surface area contributed by atoms with E-state index in [0.29, 0.717) is 36.5 Å². The Morgan fingerprint density at radius 1 is 1.33 bits per heavy atom. The number of carbonyl (C=O) groups excluding carboxylic acids is 2. The number of aromatic nitrogens is 1. The molecule has 0 spiro atoms. The first-order valence-electron chi connectivity index (χ1n) is 7.92. The fourth-order valence-corrected chi connectivity index (χ4v) is 2.74. The minimum absolute atomic E-state index is 0.0140. The van der Waals surface area contributed by atoms with Crippen LogP contribution in [0.3, 0.4) is 0 Å². The number of nitrogens with one attached hydrogen (secondary N) is 2. The number of aryl methyl sites for hydroxylation is 1. The van der Waals surface area contributed by atoms with E-state index >= 15 is 0 Å². The number of hydrogen-bond acceptors (Lipinski definition) is 3. The van der Waals surface area contributed by atoms with Crippen molar-refractivity contribution in [2.24, 2.45) is 5.73 Å². The highest BCUT2D eigenvalue weighted by molar-refractivity contribution is 6.32. The number of allylic oxidation sites excluding steroid dienone is 2. The molecule has 24 heavy (non-hydrogen) atoms. The molecule has 2 aromatic rings. The molecule has 1 aromatic carbocycles. The third-order valence-electron chi connectivity index (χ3n) is 3.71. The Balaban J connectivity index is 2.13. The summed E-state index contributed by atoms with van der Waals surface area (Å²) in [5.74, 6) is -0.0442. The van der Waals surface area contributed by atoms with Gasteiger partial charge in [0.2, 0.25) is 5.91 Å². The fourth-order valence-electron chi connectivity index (χ4n) is 2.48. The first-order chi connectivity index (χ1) is 11.4. The molecule has 1 heterocycles. The molecule has 0 bridgehead atoms. The number of rotatable bonds is 7. The highest BCUT2D eigenvalue weighted by Crippen LogP contribution is 2.26. The molecule has 0 saturated heterocycles. The number of fused-ring (bicyclic) bond motifs is 1. The number of halogens is 1.